The molecule has 0 aromatic heterocycles. The molecule has 0 unspecified atom stereocenters. The van der Waals surface area contributed by atoms with Gasteiger partial charge in [-0.3, -0.25) is 0 Å². The molecule has 3 nitrogen and oxygen atoms in total. The minimum Gasteiger partial charge on any atom is -0.327 e. The van der Waals surface area contributed by atoms with E-state index in [1.54, 1.807) is 0 Å². The number of hydrogen-bond acceptors (Lipinski definition) is 3. The number of nitrogens with two attached hydrogens (primary N) is 1. The van der Waals surface area contributed by atoms with Crippen molar-refractivity contribution in [2.45, 2.75) is 26.3 Å². The van der Waals surface area contributed by atoms with Gasteiger partial charge in [0.15, 0.2) is 0 Å². The highest BCUT2D eigenvalue weighted by molar-refractivity contribution is 4.64. The van der Waals surface area contributed by atoms with Gasteiger partial charge in [-0.05, 0) is 34.0 Å². The van der Waals surface area contributed by atoms with Gasteiger partial charge in [0, 0.05) is 25.7 Å². The topological polar surface area (TPSA) is 32.5 Å². The summed E-state index contributed by atoms with van der Waals surface area (Å²) in [5.74, 6) is 0. The summed E-state index contributed by atoms with van der Waals surface area (Å²) < 4.78 is 0. The Hall–Kier alpha value is -0.120. The second kappa shape index (κ2) is 7.30. The van der Waals surface area contributed by atoms with Crippen LogP contribution in [-0.4, -0.2) is 56.1 Å². The molecule has 2 N–H and O–H groups in total. The first kappa shape index (κ1) is 12.9. The van der Waals surface area contributed by atoms with Crippen molar-refractivity contribution in [3.63, 3.8) is 0 Å². The molecule has 0 spiro atoms. The van der Waals surface area contributed by atoms with Crippen LogP contribution in [-0.2, 0) is 0 Å². The summed E-state index contributed by atoms with van der Waals surface area (Å²) in [5, 5.41) is 0. The molecule has 1 atom stereocenters. The van der Waals surface area contributed by atoms with Gasteiger partial charge in [-0.1, -0.05) is 6.92 Å². The predicted octanol–water partition coefficient (Wildman–Crippen LogP) is 0.607. The van der Waals surface area contributed by atoms with Crippen molar-refractivity contribution in [2.75, 3.05) is 40.3 Å². The molecular formula is C10H25N3. The van der Waals surface area contributed by atoms with Crippen LogP contribution in [0.4, 0.5) is 0 Å². The van der Waals surface area contributed by atoms with Crippen LogP contribution in [0.15, 0.2) is 0 Å². The van der Waals surface area contributed by atoms with Crippen molar-refractivity contribution < 1.29 is 0 Å². The van der Waals surface area contributed by atoms with E-state index in [4.69, 9.17) is 5.73 Å². The lowest BCUT2D eigenvalue weighted by molar-refractivity contribution is 0.232. The second-order valence-electron chi connectivity index (χ2n) is 4.08. The Kier molecular flexibility index (Phi) is 7.23. The first-order valence-electron chi connectivity index (χ1n) is 5.19. The van der Waals surface area contributed by atoms with Crippen molar-refractivity contribution in [2.24, 2.45) is 5.73 Å². The summed E-state index contributed by atoms with van der Waals surface area (Å²) in [6.07, 6.45) is 1.21. The number of rotatable bonds is 7. The molecule has 0 aliphatic rings. The Morgan fingerprint density at radius 2 is 1.77 bits per heavy atom. The zero-order valence-electron chi connectivity index (χ0n) is 9.58. The van der Waals surface area contributed by atoms with Gasteiger partial charge in [0.05, 0.1) is 0 Å². The molecule has 3 heteroatoms. The highest BCUT2D eigenvalue weighted by Crippen LogP contribution is 1.93. The maximum atomic E-state index is 5.77. The van der Waals surface area contributed by atoms with Crippen molar-refractivity contribution in [1.29, 1.82) is 0 Å². The van der Waals surface area contributed by atoms with Crippen molar-refractivity contribution >= 4 is 0 Å². The fourth-order valence-corrected chi connectivity index (χ4v) is 1.36. The van der Waals surface area contributed by atoms with Crippen LogP contribution in [0.5, 0.6) is 0 Å². The van der Waals surface area contributed by atoms with Gasteiger partial charge in [-0.25, -0.2) is 0 Å². The molecule has 0 amide bonds. The van der Waals surface area contributed by atoms with Gasteiger partial charge in [-0.2, -0.15) is 0 Å². The van der Waals surface area contributed by atoms with E-state index in [0.717, 1.165) is 26.2 Å². The lowest BCUT2D eigenvalue weighted by Crippen LogP contribution is -2.39. The van der Waals surface area contributed by atoms with E-state index in [9.17, 15) is 0 Å². The Morgan fingerprint density at radius 3 is 2.15 bits per heavy atom. The Bertz CT molecular complexity index is 113. The van der Waals surface area contributed by atoms with E-state index in [1.165, 1.54) is 6.42 Å². The van der Waals surface area contributed by atoms with E-state index in [1.807, 2.05) is 0 Å². The first-order valence-corrected chi connectivity index (χ1v) is 5.19. The second-order valence-corrected chi connectivity index (χ2v) is 4.08. The SMILES string of the molecule is CCCN(CCN(C)C)C[C@H](C)N. The average molecular weight is 187 g/mol. The number of hydrogen-bond donors (Lipinski definition) is 1. The zero-order chi connectivity index (χ0) is 10.3. The maximum Gasteiger partial charge on any atom is 0.0139 e. The Morgan fingerprint density at radius 1 is 1.15 bits per heavy atom. The van der Waals surface area contributed by atoms with Crippen LogP contribution < -0.4 is 5.73 Å². The summed E-state index contributed by atoms with van der Waals surface area (Å²) in [7, 11) is 4.21. The van der Waals surface area contributed by atoms with Gasteiger partial charge in [0.2, 0.25) is 0 Å². The molecule has 0 bridgehead atoms. The van der Waals surface area contributed by atoms with Gasteiger partial charge in [0.25, 0.3) is 0 Å². The smallest absolute Gasteiger partial charge is 0.0139 e. The molecule has 0 fully saturated rings. The third kappa shape index (κ3) is 8.22. The summed E-state index contributed by atoms with van der Waals surface area (Å²) in [5.41, 5.74) is 5.77. The van der Waals surface area contributed by atoms with Gasteiger partial charge in [-0.15, -0.1) is 0 Å². The van der Waals surface area contributed by atoms with Gasteiger partial charge >= 0.3 is 0 Å². The normalized spacial score (nSPS) is 14.1. The van der Waals surface area contributed by atoms with Crippen molar-refractivity contribution in [3.8, 4) is 0 Å². The largest absolute Gasteiger partial charge is 0.327 e. The third-order valence-corrected chi connectivity index (χ3v) is 1.95. The van der Waals surface area contributed by atoms with E-state index in [-0.39, 0.29) is 6.04 Å². The average Bonchev–Trinajstić information content (AvgIpc) is 1.99. The fraction of sp³-hybridized carbons (Fsp3) is 1.00. The molecule has 0 aliphatic carbocycles. The van der Waals surface area contributed by atoms with Crippen molar-refractivity contribution in [3.05, 3.63) is 0 Å². The van der Waals surface area contributed by atoms with Crippen LogP contribution in [0.2, 0.25) is 0 Å². The van der Waals surface area contributed by atoms with Gasteiger partial charge < -0.3 is 15.5 Å². The van der Waals surface area contributed by atoms with Crippen LogP contribution >= 0.6 is 0 Å². The Balaban J connectivity index is 3.66. The van der Waals surface area contributed by atoms with Crippen LogP contribution in [0, 0.1) is 0 Å². The molecular weight excluding hydrogens is 162 g/mol. The lowest BCUT2D eigenvalue weighted by Gasteiger charge is -2.25. The molecule has 0 aromatic rings. The van der Waals surface area contributed by atoms with Crippen LogP contribution in [0.25, 0.3) is 0 Å². The molecule has 80 valence electrons. The van der Waals surface area contributed by atoms with E-state index in [2.05, 4.69) is 37.7 Å². The Labute approximate surface area is 82.9 Å². The quantitative estimate of drug-likeness (QED) is 0.634. The van der Waals surface area contributed by atoms with E-state index >= 15 is 0 Å². The predicted molar refractivity (Wildman–Crippen MR) is 58.9 cm³/mol. The lowest BCUT2D eigenvalue weighted by atomic mass is 10.3. The summed E-state index contributed by atoms with van der Waals surface area (Å²) in [6, 6.07) is 0.286. The monoisotopic (exact) mass is 187 g/mol. The third-order valence-electron chi connectivity index (χ3n) is 1.95. The minimum absolute atomic E-state index is 0.286. The highest BCUT2D eigenvalue weighted by atomic mass is 15.2. The fourth-order valence-electron chi connectivity index (χ4n) is 1.36. The van der Waals surface area contributed by atoms with Crippen LogP contribution in [0.1, 0.15) is 20.3 Å². The molecule has 0 rings (SSSR count). The summed E-state index contributed by atoms with van der Waals surface area (Å²) in [4.78, 5) is 4.65. The number of likely N-dealkylation sites (N-methyl/N-ethyl adjacent to an activating group) is 1. The van der Waals surface area contributed by atoms with Gasteiger partial charge in [0.1, 0.15) is 0 Å². The molecule has 0 saturated carbocycles. The molecule has 13 heavy (non-hydrogen) atoms. The molecule has 0 heterocycles. The minimum atomic E-state index is 0.286. The molecule has 0 aliphatic heterocycles. The molecule has 0 aromatic carbocycles. The zero-order valence-corrected chi connectivity index (χ0v) is 9.58. The molecule has 0 radical (unpaired) electrons. The number of nitrogens with zero attached hydrogens (tertiary/aromatic N) is 2. The first-order chi connectivity index (χ1) is 6.06. The van der Waals surface area contributed by atoms with E-state index in [0.29, 0.717) is 0 Å². The highest BCUT2D eigenvalue weighted by Gasteiger charge is 2.06. The summed E-state index contributed by atoms with van der Waals surface area (Å²) in [6.45, 7) is 8.70. The maximum absolute atomic E-state index is 5.77. The summed E-state index contributed by atoms with van der Waals surface area (Å²) >= 11 is 0. The van der Waals surface area contributed by atoms with Crippen LogP contribution in [0.3, 0.4) is 0 Å². The van der Waals surface area contributed by atoms with Crippen molar-refractivity contribution in [1.82, 2.24) is 9.80 Å². The molecule has 0 saturated heterocycles. The standard InChI is InChI=1S/C10H25N3/c1-5-6-13(9-10(2)11)8-7-12(3)4/h10H,5-9,11H2,1-4H3/t10-/m0/s1. The van der Waals surface area contributed by atoms with E-state index < -0.39 is 0 Å².